The van der Waals surface area contributed by atoms with Gasteiger partial charge in [-0.25, -0.2) is 0 Å². The molecule has 156 valence electrons. The average Bonchev–Trinajstić information content (AvgIpc) is 3.33. The molecule has 2 aliphatic heterocycles. The van der Waals surface area contributed by atoms with Crippen LogP contribution in [0.5, 0.6) is 11.5 Å². The van der Waals surface area contributed by atoms with Gasteiger partial charge in [-0.3, -0.25) is 9.59 Å². The summed E-state index contributed by atoms with van der Waals surface area (Å²) in [5.41, 5.74) is 2.30. The molecule has 1 N–H and O–H groups in total. The number of nitrogens with zero attached hydrogens (tertiary/aromatic N) is 1. The Morgan fingerprint density at radius 1 is 1.07 bits per heavy atom. The Morgan fingerprint density at radius 2 is 1.83 bits per heavy atom. The van der Waals surface area contributed by atoms with Gasteiger partial charge in [-0.1, -0.05) is 31.2 Å². The predicted molar refractivity (Wildman–Crippen MR) is 111 cm³/mol. The molecule has 3 aliphatic rings. The number of rotatable bonds is 4. The summed E-state index contributed by atoms with van der Waals surface area (Å²) in [6.07, 6.45) is 4.26. The highest BCUT2D eigenvalue weighted by Gasteiger charge is 2.41. The molecule has 1 saturated carbocycles. The molecule has 2 amide bonds. The van der Waals surface area contributed by atoms with Crippen LogP contribution < -0.4 is 14.8 Å². The molecule has 30 heavy (non-hydrogen) atoms. The number of nitrogens with one attached hydrogen (secondary N) is 1. The minimum Gasteiger partial charge on any atom is -0.454 e. The van der Waals surface area contributed by atoms with Crippen molar-refractivity contribution in [3.05, 3.63) is 59.2 Å². The number of hydrogen-bond acceptors (Lipinski definition) is 4. The van der Waals surface area contributed by atoms with E-state index in [0.29, 0.717) is 23.6 Å². The summed E-state index contributed by atoms with van der Waals surface area (Å²) in [7, 11) is 0. The fourth-order valence-electron chi connectivity index (χ4n) is 4.74. The third-order valence-corrected chi connectivity index (χ3v) is 6.46. The number of fused-ring (bicyclic) bond motifs is 2. The summed E-state index contributed by atoms with van der Waals surface area (Å²) in [6, 6.07) is 12.7. The van der Waals surface area contributed by atoms with Crippen LogP contribution in [0.4, 0.5) is 0 Å². The Labute approximate surface area is 176 Å². The van der Waals surface area contributed by atoms with Crippen molar-refractivity contribution >= 4 is 11.8 Å². The highest BCUT2D eigenvalue weighted by Crippen LogP contribution is 2.38. The molecule has 0 bridgehead atoms. The number of hydrogen-bond donors (Lipinski definition) is 1. The molecule has 0 radical (unpaired) electrons. The Balaban J connectivity index is 1.40. The first-order valence-corrected chi connectivity index (χ1v) is 10.7. The van der Waals surface area contributed by atoms with E-state index in [-0.39, 0.29) is 24.6 Å². The van der Waals surface area contributed by atoms with E-state index >= 15 is 0 Å². The fourth-order valence-corrected chi connectivity index (χ4v) is 4.74. The molecule has 0 spiro atoms. The van der Waals surface area contributed by atoms with Gasteiger partial charge in [0.15, 0.2) is 11.5 Å². The molecular formula is C24H26N2O4. The van der Waals surface area contributed by atoms with E-state index in [2.05, 4.69) is 12.2 Å². The Kier molecular flexibility index (Phi) is 4.85. The summed E-state index contributed by atoms with van der Waals surface area (Å²) in [5.74, 6) is 1.90. The van der Waals surface area contributed by atoms with Gasteiger partial charge < -0.3 is 19.7 Å². The maximum Gasteiger partial charge on any atom is 0.255 e. The lowest BCUT2D eigenvalue weighted by atomic mass is 9.87. The van der Waals surface area contributed by atoms with E-state index in [1.165, 1.54) is 0 Å². The van der Waals surface area contributed by atoms with Gasteiger partial charge in [0, 0.05) is 18.2 Å². The number of benzene rings is 2. The van der Waals surface area contributed by atoms with Gasteiger partial charge in [-0.05, 0) is 60.9 Å². The van der Waals surface area contributed by atoms with E-state index in [0.717, 1.165) is 42.7 Å². The second kappa shape index (κ2) is 7.67. The average molecular weight is 406 g/mol. The minimum absolute atomic E-state index is 0.0893. The molecule has 0 aromatic heterocycles. The summed E-state index contributed by atoms with van der Waals surface area (Å²) >= 11 is 0. The molecule has 0 saturated heterocycles. The first-order chi connectivity index (χ1) is 14.6. The van der Waals surface area contributed by atoms with E-state index in [1.807, 2.05) is 36.4 Å². The van der Waals surface area contributed by atoms with Gasteiger partial charge in [-0.2, -0.15) is 0 Å². The predicted octanol–water partition coefficient (Wildman–Crippen LogP) is 3.81. The Morgan fingerprint density at radius 3 is 2.67 bits per heavy atom. The minimum atomic E-state index is -0.613. The zero-order valence-electron chi connectivity index (χ0n) is 17.1. The lowest BCUT2D eigenvalue weighted by Gasteiger charge is -2.30. The van der Waals surface area contributed by atoms with Crippen LogP contribution in [0.3, 0.4) is 0 Å². The zero-order chi connectivity index (χ0) is 20.7. The summed E-state index contributed by atoms with van der Waals surface area (Å²) in [6.45, 7) is 2.80. The van der Waals surface area contributed by atoms with Crippen LogP contribution in [0.25, 0.3) is 0 Å². The van der Waals surface area contributed by atoms with Gasteiger partial charge >= 0.3 is 0 Å². The summed E-state index contributed by atoms with van der Waals surface area (Å²) in [5, 5.41) is 3.22. The largest absolute Gasteiger partial charge is 0.454 e. The smallest absolute Gasteiger partial charge is 0.255 e. The highest BCUT2D eigenvalue weighted by atomic mass is 16.7. The number of carbonyl (C=O) groups excluding carboxylic acids is 2. The van der Waals surface area contributed by atoms with E-state index in [1.54, 1.807) is 11.0 Å². The molecule has 2 aromatic rings. The summed E-state index contributed by atoms with van der Waals surface area (Å²) < 4.78 is 10.9. The van der Waals surface area contributed by atoms with Crippen LogP contribution in [0.1, 0.15) is 60.1 Å². The molecule has 6 nitrogen and oxygen atoms in total. The first kappa shape index (κ1) is 19.0. The zero-order valence-corrected chi connectivity index (χ0v) is 17.1. The van der Waals surface area contributed by atoms with Crippen molar-refractivity contribution in [1.29, 1.82) is 0 Å². The van der Waals surface area contributed by atoms with E-state index in [4.69, 9.17) is 9.47 Å². The second-order valence-electron chi connectivity index (χ2n) is 8.58. The maximum atomic E-state index is 13.3. The van der Waals surface area contributed by atoms with Crippen LogP contribution in [0, 0.1) is 5.92 Å². The van der Waals surface area contributed by atoms with Crippen LogP contribution in [-0.2, 0) is 11.3 Å². The molecule has 2 heterocycles. The third-order valence-electron chi connectivity index (χ3n) is 6.46. The van der Waals surface area contributed by atoms with Crippen LogP contribution in [0.2, 0.25) is 0 Å². The van der Waals surface area contributed by atoms with Crippen molar-refractivity contribution in [2.75, 3.05) is 6.79 Å². The van der Waals surface area contributed by atoms with E-state index < -0.39 is 6.04 Å². The van der Waals surface area contributed by atoms with Crippen LogP contribution in [0.15, 0.2) is 42.5 Å². The van der Waals surface area contributed by atoms with Gasteiger partial charge in [-0.15, -0.1) is 0 Å². The Hall–Kier alpha value is -3.02. The van der Waals surface area contributed by atoms with Gasteiger partial charge in [0.05, 0.1) is 0 Å². The first-order valence-electron chi connectivity index (χ1n) is 10.7. The molecule has 0 unspecified atom stereocenters. The number of carbonyl (C=O) groups is 2. The summed E-state index contributed by atoms with van der Waals surface area (Å²) in [4.78, 5) is 28.2. The second-order valence-corrected chi connectivity index (χ2v) is 8.58. The third kappa shape index (κ3) is 3.40. The quantitative estimate of drug-likeness (QED) is 0.839. The topological polar surface area (TPSA) is 67.9 Å². The standard InChI is InChI=1S/C24H26N2O4/c1-15-6-9-17(10-7-15)25-23(27)22-18-4-2-3-5-19(18)24(28)26(22)13-16-8-11-20-21(12-16)30-14-29-20/h2-5,8,11-12,15,17,22H,6-7,9-10,13-14H2,1H3,(H,25,27)/t15?,17?,22-/m1/s1. The van der Waals surface area contributed by atoms with Crippen LogP contribution in [-0.4, -0.2) is 29.5 Å². The SMILES string of the molecule is CC1CCC(NC(=O)[C@H]2c3ccccc3C(=O)N2Cc2ccc3c(c2)OCO3)CC1. The Bertz CT molecular complexity index is 981. The van der Waals surface area contributed by atoms with Crippen molar-refractivity contribution < 1.29 is 19.1 Å². The molecule has 1 atom stereocenters. The van der Waals surface area contributed by atoms with Crippen molar-refractivity contribution in [1.82, 2.24) is 10.2 Å². The van der Waals surface area contributed by atoms with Crippen molar-refractivity contribution in [3.8, 4) is 11.5 Å². The van der Waals surface area contributed by atoms with Gasteiger partial charge in [0.1, 0.15) is 6.04 Å². The van der Waals surface area contributed by atoms with Gasteiger partial charge in [0.2, 0.25) is 12.7 Å². The monoisotopic (exact) mass is 406 g/mol. The molecule has 6 heteroatoms. The lowest BCUT2D eigenvalue weighted by Crippen LogP contribution is -2.44. The number of amides is 2. The molecule has 1 aliphatic carbocycles. The van der Waals surface area contributed by atoms with E-state index in [9.17, 15) is 9.59 Å². The van der Waals surface area contributed by atoms with Crippen LogP contribution >= 0.6 is 0 Å². The van der Waals surface area contributed by atoms with Crippen molar-refractivity contribution in [3.63, 3.8) is 0 Å². The highest BCUT2D eigenvalue weighted by molar-refractivity contribution is 6.04. The molecular weight excluding hydrogens is 380 g/mol. The van der Waals surface area contributed by atoms with Gasteiger partial charge in [0.25, 0.3) is 5.91 Å². The van der Waals surface area contributed by atoms with Crippen molar-refractivity contribution in [2.24, 2.45) is 5.92 Å². The fraction of sp³-hybridized carbons (Fsp3) is 0.417. The molecule has 1 fully saturated rings. The molecule has 5 rings (SSSR count). The molecule has 2 aromatic carbocycles. The number of ether oxygens (including phenoxy) is 2. The normalized spacial score (nSPS) is 24.6. The lowest BCUT2D eigenvalue weighted by molar-refractivity contribution is -0.126. The maximum absolute atomic E-state index is 13.3. The van der Waals surface area contributed by atoms with Crippen molar-refractivity contribution in [2.45, 2.75) is 51.2 Å².